The lowest BCUT2D eigenvalue weighted by Crippen LogP contribution is -2.36. The average molecular weight is 398 g/mol. The fourth-order valence-electron chi connectivity index (χ4n) is 2.60. The number of halogens is 1. The van der Waals surface area contributed by atoms with Crippen molar-refractivity contribution in [3.63, 3.8) is 0 Å². The van der Waals surface area contributed by atoms with Crippen LogP contribution in [-0.2, 0) is 15.2 Å². The largest absolute Gasteiger partial charge is 0.479 e. The van der Waals surface area contributed by atoms with Crippen LogP contribution in [0.15, 0.2) is 84.9 Å². The van der Waals surface area contributed by atoms with E-state index in [9.17, 15) is 24.2 Å². The van der Waals surface area contributed by atoms with Gasteiger partial charge in [-0.25, -0.2) is 14.0 Å². The van der Waals surface area contributed by atoms with Gasteiger partial charge in [0.25, 0.3) is 0 Å². The predicted octanol–water partition coefficient (Wildman–Crippen LogP) is 2.95. The molecule has 0 saturated heterocycles. The Labute approximate surface area is 166 Å². The van der Waals surface area contributed by atoms with E-state index in [-0.39, 0.29) is 5.56 Å². The molecule has 7 heteroatoms. The highest BCUT2D eigenvalue weighted by Gasteiger charge is 2.39. The lowest BCUT2D eigenvalue weighted by molar-refractivity contribution is -0.155. The second kappa shape index (κ2) is 9.59. The summed E-state index contributed by atoms with van der Waals surface area (Å²) in [5, 5.41) is 37.0. The van der Waals surface area contributed by atoms with E-state index in [0.717, 1.165) is 6.07 Å². The Kier molecular flexibility index (Phi) is 7.19. The van der Waals surface area contributed by atoms with Gasteiger partial charge in [-0.1, -0.05) is 78.9 Å². The van der Waals surface area contributed by atoms with Crippen molar-refractivity contribution in [3.8, 4) is 0 Å². The topological polar surface area (TPSA) is 115 Å². The maximum absolute atomic E-state index is 12.8. The highest BCUT2D eigenvalue weighted by Crippen LogP contribution is 2.29. The van der Waals surface area contributed by atoms with Crippen molar-refractivity contribution < 1.29 is 34.4 Å². The van der Waals surface area contributed by atoms with E-state index < -0.39 is 29.5 Å². The van der Waals surface area contributed by atoms with Crippen molar-refractivity contribution in [2.45, 2.75) is 11.7 Å². The molecule has 0 bridgehead atoms. The molecule has 0 heterocycles. The van der Waals surface area contributed by atoms with Crippen molar-refractivity contribution in [1.29, 1.82) is 0 Å². The maximum Gasteiger partial charge on any atom is 0.345 e. The van der Waals surface area contributed by atoms with Crippen molar-refractivity contribution in [1.82, 2.24) is 0 Å². The molecule has 3 aromatic carbocycles. The number of hydrogen-bond donors (Lipinski definition) is 4. The first-order chi connectivity index (χ1) is 13.8. The number of hydrogen-bond acceptors (Lipinski definition) is 4. The Morgan fingerprint density at radius 1 is 0.759 bits per heavy atom. The molecule has 0 aliphatic heterocycles. The number of aliphatic hydroxyl groups excluding tert-OH is 1. The molecule has 1 unspecified atom stereocenters. The standard InChI is InChI=1S/C14H12O3.C8H7FO3/c15-13(16)14(17,11-7-3-1-4-8-11)12-9-5-2-6-10-12;9-6-4-2-1-3-5(6)7(10)8(11)12/h1-10,17H,(H,15,16);1-4,7,10H,(H,11,12). The van der Waals surface area contributed by atoms with Crippen LogP contribution < -0.4 is 0 Å². The number of benzene rings is 3. The molecule has 0 spiro atoms. The third kappa shape index (κ3) is 5.04. The van der Waals surface area contributed by atoms with Crippen molar-refractivity contribution in [2.24, 2.45) is 0 Å². The summed E-state index contributed by atoms with van der Waals surface area (Å²) in [6.07, 6.45) is -1.79. The zero-order chi connectivity index (χ0) is 21.4. The van der Waals surface area contributed by atoms with Crippen LogP contribution in [0, 0.1) is 5.82 Å². The Balaban J connectivity index is 0.000000221. The summed E-state index contributed by atoms with van der Waals surface area (Å²) in [5.41, 5.74) is -1.52. The first kappa shape index (κ1) is 21.7. The molecule has 3 aromatic rings. The first-order valence-electron chi connectivity index (χ1n) is 8.50. The van der Waals surface area contributed by atoms with Crippen molar-refractivity contribution in [3.05, 3.63) is 107 Å². The van der Waals surface area contributed by atoms with Gasteiger partial charge >= 0.3 is 11.9 Å². The minimum atomic E-state index is -2.00. The first-order valence-corrected chi connectivity index (χ1v) is 8.50. The van der Waals surface area contributed by atoms with Gasteiger partial charge in [-0.2, -0.15) is 0 Å². The highest BCUT2D eigenvalue weighted by molar-refractivity contribution is 5.83. The van der Waals surface area contributed by atoms with Crippen LogP contribution in [0.2, 0.25) is 0 Å². The summed E-state index contributed by atoms with van der Waals surface area (Å²) >= 11 is 0. The minimum absolute atomic E-state index is 0.218. The zero-order valence-electron chi connectivity index (χ0n) is 15.1. The van der Waals surface area contributed by atoms with Crippen molar-refractivity contribution in [2.75, 3.05) is 0 Å². The molecule has 29 heavy (non-hydrogen) atoms. The normalized spacial score (nSPS) is 11.7. The van der Waals surface area contributed by atoms with Crippen LogP contribution >= 0.6 is 0 Å². The van der Waals surface area contributed by atoms with Gasteiger partial charge < -0.3 is 20.4 Å². The lowest BCUT2D eigenvalue weighted by atomic mass is 9.86. The monoisotopic (exact) mass is 398 g/mol. The highest BCUT2D eigenvalue weighted by atomic mass is 19.1. The van der Waals surface area contributed by atoms with Crippen LogP contribution in [0.3, 0.4) is 0 Å². The van der Waals surface area contributed by atoms with E-state index in [1.807, 2.05) is 0 Å². The predicted molar refractivity (Wildman–Crippen MR) is 103 cm³/mol. The number of aliphatic hydroxyl groups is 2. The summed E-state index contributed by atoms with van der Waals surface area (Å²) in [6.45, 7) is 0. The second-order valence-corrected chi connectivity index (χ2v) is 6.01. The van der Waals surface area contributed by atoms with Gasteiger partial charge in [0.05, 0.1) is 0 Å². The summed E-state index contributed by atoms with van der Waals surface area (Å²) < 4.78 is 12.8. The van der Waals surface area contributed by atoms with Crippen molar-refractivity contribution >= 4 is 11.9 Å². The molecule has 3 rings (SSSR count). The molecule has 0 aliphatic carbocycles. The van der Waals surface area contributed by atoms with E-state index in [2.05, 4.69) is 0 Å². The third-order valence-electron chi connectivity index (χ3n) is 4.13. The number of rotatable bonds is 5. The van der Waals surface area contributed by atoms with E-state index in [1.54, 1.807) is 60.7 Å². The molecular formula is C22H19FO6. The molecular weight excluding hydrogens is 379 g/mol. The van der Waals surface area contributed by atoms with E-state index in [4.69, 9.17) is 10.2 Å². The molecule has 0 amide bonds. The molecule has 0 aliphatic rings. The molecule has 0 radical (unpaired) electrons. The summed E-state index contributed by atoms with van der Waals surface area (Å²) in [6, 6.07) is 22.0. The molecule has 150 valence electrons. The van der Waals surface area contributed by atoms with Crippen LogP contribution in [-0.4, -0.2) is 32.4 Å². The Bertz CT molecular complexity index is 920. The maximum atomic E-state index is 12.8. The lowest BCUT2D eigenvalue weighted by Gasteiger charge is -2.24. The van der Waals surface area contributed by atoms with Crippen LogP contribution in [0.25, 0.3) is 0 Å². The summed E-state index contributed by atoms with van der Waals surface area (Å²) in [7, 11) is 0. The number of aliphatic carboxylic acids is 2. The van der Waals surface area contributed by atoms with E-state index >= 15 is 0 Å². The van der Waals surface area contributed by atoms with Gasteiger partial charge in [-0.3, -0.25) is 0 Å². The Morgan fingerprint density at radius 2 is 1.17 bits per heavy atom. The average Bonchev–Trinajstić information content (AvgIpc) is 2.74. The summed E-state index contributed by atoms with van der Waals surface area (Å²) in [4.78, 5) is 21.6. The molecule has 4 N–H and O–H groups in total. The molecule has 0 fully saturated rings. The van der Waals surface area contributed by atoms with Gasteiger partial charge in [0.1, 0.15) is 5.82 Å². The number of carbonyl (C=O) groups is 2. The zero-order valence-corrected chi connectivity index (χ0v) is 15.1. The molecule has 6 nitrogen and oxygen atoms in total. The quantitative estimate of drug-likeness (QED) is 0.525. The van der Waals surface area contributed by atoms with Gasteiger partial charge in [-0.15, -0.1) is 0 Å². The fraction of sp³-hybridized carbons (Fsp3) is 0.0909. The third-order valence-corrected chi connectivity index (χ3v) is 4.13. The molecule has 1 atom stereocenters. The Morgan fingerprint density at radius 3 is 1.55 bits per heavy atom. The smallest absolute Gasteiger partial charge is 0.345 e. The van der Waals surface area contributed by atoms with Gasteiger partial charge in [0.2, 0.25) is 5.60 Å². The Hall–Kier alpha value is -3.55. The van der Waals surface area contributed by atoms with Gasteiger partial charge in [-0.05, 0) is 17.2 Å². The minimum Gasteiger partial charge on any atom is -0.479 e. The van der Waals surface area contributed by atoms with Gasteiger partial charge in [0.15, 0.2) is 6.10 Å². The molecule has 0 saturated carbocycles. The van der Waals surface area contributed by atoms with Crippen LogP contribution in [0.5, 0.6) is 0 Å². The SMILES string of the molecule is O=C(O)C(O)(c1ccccc1)c1ccccc1.O=C(O)C(O)c1ccccc1F. The van der Waals surface area contributed by atoms with Gasteiger partial charge in [0, 0.05) is 5.56 Å². The van der Waals surface area contributed by atoms with Crippen LogP contribution in [0.4, 0.5) is 4.39 Å². The number of carboxylic acid groups (broad SMARTS) is 2. The van der Waals surface area contributed by atoms with E-state index in [0.29, 0.717) is 11.1 Å². The number of carboxylic acids is 2. The fourth-order valence-corrected chi connectivity index (χ4v) is 2.60. The second-order valence-electron chi connectivity index (χ2n) is 6.01. The van der Waals surface area contributed by atoms with Crippen LogP contribution in [0.1, 0.15) is 22.8 Å². The summed E-state index contributed by atoms with van der Waals surface area (Å²) in [5.74, 6) is -3.46. The molecule has 0 aromatic heterocycles. The van der Waals surface area contributed by atoms with E-state index in [1.165, 1.54) is 18.2 Å².